The van der Waals surface area contributed by atoms with Gasteiger partial charge in [0.2, 0.25) is 0 Å². The molecule has 1 heterocycles. The molecule has 4 heteroatoms. The molecular formula is C14H24IN3. The summed E-state index contributed by atoms with van der Waals surface area (Å²) in [5.74, 6) is 0.877. The van der Waals surface area contributed by atoms with E-state index in [1.54, 1.807) is 0 Å². The second-order valence-electron chi connectivity index (χ2n) is 6.62. The van der Waals surface area contributed by atoms with Crippen LogP contribution in [-0.4, -0.2) is 9.78 Å². The van der Waals surface area contributed by atoms with Gasteiger partial charge in [0, 0.05) is 0 Å². The van der Waals surface area contributed by atoms with Gasteiger partial charge >= 0.3 is 0 Å². The number of rotatable bonds is 2. The minimum absolute atomic E-state index is 0.262. The molecule has 0 atom stereocenters. The van der Waals surface area contributed by atoms with E-state index in [9.17, 15) is 0 Å². The molecule has 0 spiro atoms. The molecule has 1 aromatic heterocycles. The summed E-state index contributed by atoms with van der Waals surface area (Å²) >= 11 is 2.35. The second kappa shape index (κ2) is 5.39. The van der Waals surface area contributed by atoms with Crippen LogP contribution in [0.25, 0.3) is 0 Å². The maximum absolute atomic E-state index is 6.25. The van der Waals surface area contributed by atoms with Crippen LogP contribution in [0.3, 0.4) is 0 Å². The van der Waals surface area contributed by atoms with Crippen molar-refractivity contribution in [3.63, 3.8) is 0 Å². The summed E-state index contributed by atoms with van der Waals surface area (Å²) in [6, 6.07) is 0.529. The molecule has 18 heavy (non-hydrogen) atoms. The van der Waals surface area contributed by atoms with Crippen molar-refractivity contribution in [1.82, 2.24) is 9.78 Å². The summed E-state index contributed by atoms with van der Waals surface area (Å²) < 4.78 is 3.26. The first kappa shape index (κ1) is 14.2. The minimum Gasteiger partial charge on any atom is -0.383 e. The maximum atomic E-state index is 6.25. The van der Waals surface area contributed by atoms with E-state index in [1.165, 1.54) is 37.8 Å². The van der Waals surface area contributed by atoms with Crippen molar-refractivity contribution in [3.8, 4) is 0 Å². The van der Waals surface area contributed by atoms with Crippen molar-refractivity contribution in [2.45, 2.75) is 65.3 Å². The standard InChI is InChI=1S/C14H24IN3/c1-14(2,3)9-11-12(15)13(16)18(17-11)10-7-5-4-6-8-10/h10H,4-9,16H2,1-3H3. The second-order valence-corrected chi connectivity index (χ2v) is 7.70. The number of nitrogens with zero attached hydrogens (tertiary/aromatic N) is 2. The fraction of sp³-hybridized carbons (Fsp3) is 0.786. The molecule has 0 aliphatic heterocycles. The van der Waals surface area contributed by atoms with Crippen LogP contribution in [0.4, 0.5) is 5.82 Å². The quantitative estimate of drug-likeness (QED) is 0.804. The SMILES string of the molecule is CC(C)(C)Cc1nn(C2CCCCC2)c(N)c1I. The van der Waals surface area contributed by atoms with Gasteiger partial charge < -0.3 is 5.73 Å². The van der Waals surface area contributed by atoms with E-state index >= 15 is 0 Å². The zero-order valence-electron chi connectivity index (χ0n) is 11.7. The average Bonchev–Trinajstić information content (AvgIpc) is 2.57. The Kier molecular flexibility index (Phi) is 4.24. The third-order valence-corrected chi connectivity index (χ3v) is 4.75. The highest BCUT2D eigenvalue weighted by molar-refractivity contribution is 14.1. The Hall–Kier alpha value is -0.260. The molecular weight excluding hydrogens is 337 g/mol. The van der Waals surface area contributed by atoms with Crippen molar-refractivity contribution in [2.75, 3.05) is 5.73 Å². The largest absolute Gasteiger partial charge is 0.383 e. The van der Waals surface area contributed by atoms with Gasteiger partial charge in [-0.25, -0.2) is 4.68 Å². The van der Waals surface area contributed by atoms with Crippen LogP contribution in [0.2, 0.25) is 0 Å². The number of hydrogen-bond donors (Lipinski definition) is 1. The molecule has 2 rings (SSSR count). The van der Waals surface area contributed by atoms with E-state index in [-0.39, 0.29) is 5.41 Å². The van der Waals surface area contributed by atoms with Crippen LogP contribution in [-0.2, 0) is 6.42 Å². The third-order valence-electron chi connectivity index (χ3n) is 3.57. The predicted molar refractivity (Wildman–Crippen MR) is 84.6 cm³/mol. The summed E-state index contributed by atoms with van der Waals surface area (Å²) in [5, 5.41) is 4.80. The van der Waals surface area contributed by atoms with Gasteiger partial charge in [0.25, 0.3) is 0 Å². The van der Waals surface area contributed by atoms with E-state index in [2.05, 4.69) is 48.0 Å². The number of nitrogens with two attached hydrogens (primary N) is 1. The Morgan fingerprint density at radius 3 is 2.44 bits per heavy atom. The zero-order valence-corrected chi connectivity index (χ0v) is 13.8. The van der Waals surface area contributed by atoms with E-state index in [0.29, 0.717) is 6.04 Å². The number of aromatic nitrogens is 2. The number of hydrogen-bond acceptors (Lipinski definition) is 2. The summed E-state index contributed by atoms with van der Waals surface area (Å²) in [5.41, 5.74) is 7.68. The molecule has 0 amide bonds. The molecule has 1 aromatic rings. The molecule has 0 unspecified atom stereocenters. The lowest BCUT2D eigenvalue weighted by atomic mass is 9.91. The van der Waals surface area contributed by atoms with Crippen LogP contribution < -0.4 is 5.73 Å². The fourth-order valence-corrected chi connectivity index (χ4v) is 3.24. The third kappa shape index (κ3) is 3.19. The number of halogens is 1. The molecule has 0 radical (unpaired) electrons. The highest BCUT2D eigenvalue weighted by atomic mass is 127. The van der Waals surface area contributed by atoms with Gasteiger partial charge in [-0.05, 0) is 47.3 Å². The molecule has 0 aromatic carbocycles. The Balaban J connectivity index is 2.24. The summed E-state index contributed by atoms with van der Waals surface area (Å²) in [4.78, 5) is 0. The molecule has 1 aliphatic carbocycles. The van der Waals surface area contributed by atoms with Crippen molar-refractivity contribution >= 4 is 28.4 Å². The van der Waals surface area contributed by atoms with Gasteiger partial charge in [0.15, 0.2) is 0 Å². The topological polar surface area (TPSA) is 43.8 Å². The Morgan fingerprint density at radius 2 is 1.89 bits per heavy atom. The maximum Gasteiger partial charge on any atom is 0.135 e. The van der Waals surface area contributed by atoms with Gasteiger partial charge in [-0.1, -0.05) is 40.0 Å². The van der Waals surface area contributed by atoms with Gasteiger partial charge in [0.05, 0.1) is 15.3 Å². The molecule has 1 saturated carbocycles. The Morgan fingerprint density at radius 1 is 1.28 bits per heavy atom. The lowest BCUT2D eigenvalue weighted by Crippen LogP contribution is -2.17. The Labute approximate surface area is 124 Å². The van der Waals surface area contributed by atoms with Gasteiger partial charge in [-0.3, -0.25) is 0 Å². The van der Waals surface area contributed by atoms with Gasteiger partial charge in [0.1, 0.15) is 5.82 Å². The first-order valence-electron chi connectivity index (χ1n) is 6.91. The average molecular weight is 361 g/mol. The number of nitrogen functional groups attached to an aromatic ring is 1. The normalized spacial score (nSPS) is 18.2. The molecule has 3 nitrogen and oxygen atoms in total. The van der Waals surface area contributed by atoms with Crippen LogP contribution in [0.15, 0.2) is 0 Å². The highest BCUT2D eigenvalue weighted by Crippen LogP contribution is 2.33. The minimum atomic E-state index is 0.262. The summed E-state index contributed by atoms with van der Waals surface area (Å²) in [7, 11) is 0. The lowest BCUT2D eigenvalue weighted by molar-refractivity contribution is 0.328. The molecule has 0 saturated heterocycles. The lowest BCUT2D eigenvalue weighted by Gasteiger charge is -2.23. The summed E-state index contributed by atoms with van der Waals surface area (Å²) in [6.07, 6.45) is 7.46. The summed E-state index contributed by atoms with van der Waals surface area (Å²) in [6.45, 7) is 6.75. The molecule has 1 fully saturated rings. The first-order chi connectivity index (χ1) is 8.38. The monoisotopic (exact) mass is 361 g/mol. The van der Waals surface area contributed by atoms with E-state index < -0.39 is 0 Å². The van der Waals surface area contributed by atoms with Crippen LogP contribution in [0.5, 0.6) is 0 Å². The van der Waals surface area contributed by atoms with Gasteiger partial charge in [-0.2, -0.15) is 5.10 Å². The molecule has 2 N–H and O–H groups in total. The highest BCUT2D eigenvalue weighted by Gasteiger charge is 2.24. The van der Waals surface area contributed by atoms with E-state index in [0.717, 1.165) is 15.8 Å². The smallest absolute Gasteiger partial charge is 0.135 e. The van der Waals surface area contributed by atoms with Crippen LogP contribution in [0, 0.1) is 8.99 Å². The fourth-order valence-electron chi connectivity index (χ4n) is 2.70. The molecule has 1 aliphatic rings. The van der Waals surface area contributed by atoms with Crippen molar-refractivity contribution < 1.29 is 0 Å². The van der Waals surface area contributed by atoms with Crippen LogP contribution >= 0.6 is 22.6 Å². The number of anilines is 1. The van der Waals surface area contributed by atoms with Crippen molar-refractivity contribution in [3.05, 3.63) is 9.26 Å². The van der Waals surface area contributed by atoms with E-state index in [1.807, 2.05) is 0 Å². The Bertz CT molecular complexity index is 411. The first-order valence-corrected chi connectivity index (χ1v) is 7.99. The molecule has 0 bridgehead atoms. The predicted octanol–water partition coefficient (Wildman–Crippen LogP) is 4.16. The molecule has 102 valence electrons. The van der Waals surface area contributed by atoms with Crippen molar-refractivity contribution in [1.29, 1.82) is 0 Å². The van der Waals surface area contributed by atoms with Crippen molar-refractivity contribution in [2.24, 2.45) is 5.41 Å². The van der Waals surface area contributed by atoms with Gasteiger partial charge in [-0.15, -0.1) is 0 Å². The zero-order chi connectivity index (χ0) is 13.3. The van der Waals surface area contributed by atoms with E-state index in [4.69, 9.17) is 10.8 Å². The van der Waals surface area contributed by atoms with Crippen LogP contribution in [0.1, 0.15) is 64.6 Å².